The first-order valence-corrected chi connectivity index (χ1v) is 7.03. The van der Waals surface area contributed by atoms with E-state index in [-0.39, 0.29) is 18.3 Å². The zero-order chi connectivity index (χ0) is 11.3. The van der Waals surface area contributed by atoms with Gasteiger partial charge < -0.3 is 13.6 Å². The minimum absolute atomic E-state index is 0.0782. The molecular weight excluding hydrogens is 233 g/mol. The van der Waals surface area contributed by atoms with Crippen molar-refractivity contribution in [2.24, 2.45) is 0 Å². The summed E-state index contributed by atoms with van der Waals surface area (Å²) in [5, 5.41) is 10.4. The second-order valence-electron chi connectivity index (χ2n) is 3.49. The summed E-state index contributed by atoms with van der Waals surface area (Å²) in [4.78, 5) is 0. The minimum Gasteiger partial charge on any atom is -0.309 e. The third kappa shape index (κ3) is 4.67. The maximum absolute atomic E-state index is 8.36. The molecule has 0 N–H and O–H groups in total. The lowest BCUT2D eigenvalue weighted by Gasteiger charge is -2.14. The zero-order valence-electron chi connectivity index (χ0n) is 9.17. The van der Waals surface area contributed by atoms with Gasteiger partial charge in [0, 0.05) is 5.75 Å². The molecule has 0 bridgehead atoms. The van der Waals surface area contributed by atoms with Crippen LogP contribution >= 0.6 is 20.4 Å². The van der Waals surface area contributed by atoms with Crippen molar-refractivity contribution in [1.29, 1.82) is 5.26 Å². The summed E-state index contributed by atoms with van der Waals surface area (Å²) < 4.78 is 16.6. The van der Waals surface area contributed by atoms with E-state index in [1.54, 1.807) is 0 Å². The van der Waals surface area contributed by atoms with E-state index in [2.05, 4.69) is 0 Å². The highest BCUT2D eigenvalue weighted by atomic mass is 32.2. The SMILES string of the molecule is CC(CCSC#N)OP1OC(C)C(C)O1. The highest BCUT2D eigenvalue weighted by Crippen LogP contribution is 2.50. The van der Waals surface area contributed by atoms with E-state index >= 15 is 0 Å². The van der Waals surface area contributed by atoms with Gasteiger partial charge in [-0.15, -0.1) is 0 Å². The maximum Gasteiger partial charge on any atom is 0.333 e. The molecule has 0 aromatic carbocycles. The summed E-state index contributed by atoms with van der Waals surface area (Å²) in [6, 6.07) is 0. The molecule has 0 radical (unpaired) electrons. The Morgan fingerprint density at radius 2 is 2.07 bits per heavy atom. The summed E-state index contributed by atoms with van der Waals surface area (Å²) in [5.41, 5.74) is 0. The second-order valence-corrected chi connectivity index (χ2v) is 5.45. The topological polar surface area (TPSA) is 51.5 Å². The van der Waals surface area contributed by atoms with E-state index in [1.165, 1.54) is 11.8 Å². The van der Waals surface area contributed by atoms with E-state index in [9.17, 15) is 0 Å². The molecule has 4 nitrogen and oxygen atoms in total. The van der Waals surface area contributed by atoms with E-state index in [4.69, 9.17) is 18.8 Å². The number of rotatable bonds is 5. The first kappa shape index (κ1) is 13.2. The number of nitrogens with zero attached hydrogens (tertiary/aromatic N) is 1. The number of thiocyanates is 1. The van der Waals surface area contributed by atoms with Gasteiger partial charge in [-0.25, -0.2) is 0 Å². The van der Waals surface area contributed by atoms with E-state index in [1.807, 2.05) is 26.2 Å². The van der Waals surface area contributed by atoms with Gasteiger partial charge in [0.1, 0.15) is 5.40 Å². The molecule has 1 heterocycles. The van der Waals surface area contributed by atoms with E-state index in [0.29, 0.717) is 0 Å². The van der Waals surface area contributed by atoms with Crippen molar-refractivity contribution in [3.8, 4) is 5.40 Å². The van der Waals surface area contributed by atoms with Crippen LogP contribution in [0, 0.1) is 10.7 Å². The lowest BCUT2D eigenvalue weighted by atomic mass is 10.3. The molecule has 1 aliphatic heterocycles. The highest BCUT2D eigenvalue weighted by molar-refractivity contribution is 8.03. The van der Waals surface area contributed by atoms with Gasteiger partial charge in [-0.3, -0.25) is 0 Å². The first-order chi connectivity index (χ1) is 7.13. The first-order valence-electron chi connectivity index (χ1n) is 4.94. The van der Waals surface area contributed by atoms with Gasteiger partial charge in [-0.2, -0.15) is 5.26 Å². The summed E-state index contributed by atoms with van der Waals surface area (Å²) in [6.45, 7) is 5.93. The smallest absolute Gasteiger partial charge is 0.309 e. The molecule has 86 valence electrons. The predicted octanol–water partition coefficient (Wildman–Crippen LogP) is 3.05. The molecule has 1 rings (SSSR count). The average molecular weight is 249 g/mol. The zero-order valence-corrected chi connectivity index (χ0v) is 10.9. The van der Waals surface area contributed by atoms with Gasteiger partial charge >= 0.3 is 8.60 Å². The molecule has 0 aliphatic carbocycles. The molecule has 1 aliphatic rings. The van der Waals surface area contributed by atoms with Crippen molar-refractivity contribution < 1.29 is 13.6 Å². The van der Waals surface area contributed by atoms with Gasteiger partial charge in [0.05, 0.1) is 18.3 Å². The van der Waals surface area contributed by atoms with Gasteiger partial charge in [0.25, 0.3) is 0 Å². The summed E-state index contributed by atoms with van der Waals surface area (Å²) in [7, 11) is -1.18. The molecule has 15 heavy (non-hydrogen) atoms. The lowest BCUT2D eigenvalue weighted by molar-refractivity contribution is 0.171. The molecule has 0 aromatic heterocycles. The van der Waals surface area contributed by atoms with Crippen molar-refractivity contribution in [1.82, 2.24) is 0 Å². The predicted molar refractivity (Wildman–Crippen MR) is 61.2 cm³/mol. The van der Waals surface area contributed by atoms with Crippen LogP contribution in [0.15, 0.2) is 0 Å². The molecule has 0 saturated carbocycles. The maximum atomic E-state index is 8.36. The van der Waals surface area contributed by atoms with Gasteiger partial charge in [-0.05, 0) is 39.0 Å². The molecular formula is C9H16NO3PS. The number of hydrogen-bond acceptors (Lipinski definition) is 5. The molecule has 1 fully saturated rings. The third-order valence-electron chi connectivity index (χ3n) is 2.12. The van der Waals surface area contributed by atoms with Gasteiger partial charge in [0.15, 0.2) is 0 Å². The van der Waals surface area contributed by atoms with Crippen LogP contribution in [0.2, 0.25) is 0 Å². The van der Waals surface area contributed by atoms with Crippen LogP contribution in [0.4, 0.5) is 0 Å². The third-order valence-corrected chi connectivity index (χ3v) is 4.23. The van der Waals surface area contributed by atoms with Crippen LogP contribution in [-0.4, -0.2) is 24.1 Å². The molecule has 0 aromatic rings. The number of thioether (sulfide) groups is 1. The number of nitriles is 1. The van der Waals surface area contributed by atoms with Crippen LogP contribution < -0.4 is 0 Å². The molecule has 1 saturated heterocycles. The normalized spacial score (nSPS) is 32.5. The van der Waals surface area contributed by atoms with Crippen molar-refractivity contribution in [2.45, 2.75) is 45.5 Å². The van der Waals surface area contributed by atoms with Crippen molar-refractivity contribution in [3.63, 3.8) is 0 Å². The highest BCUT2D eigenvalue weighted by Gasteiger charge is 2.33. The summed E-state index contributed by atoms with van der Waals surface area (Å²) >= 11 is 1.25. The Morgan fingerprint density at radius 3 is 2.60 bits per heavy atom. The van der Waals surface area contributed by atoms with Crippen LogP contribution in [-0.2, 0) is 13.6 Å². The van der Waals surface area contributed by atoms with Gasteiger partial charge in [-0.1, -0.05) is 0 Å². The van der Waals surface area contributed by atoms with Gasteiger partial charge in [0.2, 0.25) is 0 Å². The Bertz CT molecular complexity index is 226. The quantitative estimate of drug-likeness (QED) is 0.426. The fraction of sp³-hybridized carbons (Fsp3) is 0.889. The van der Waals surface area contributed by atoms with E-state index in [0.717, 1.165) is 12.2 Å². The summed E-state index contributed by atoms with van der Waals surface area (Å²) in [6.07, 6.45) is 1.13. The Balaban J connectivity index is 2.16. The molecule has 3 unspecified atom stereocenters. The fourth-order valence-corrected chi connectivity index (χ4v) is 2.96. The van der Waals surface area contributed by atoms with Crippen LogP contribution in [0.3, 0.4) is 0 Å². The van der Waals surface area contributed by atoms with E-state index < -0.39 is 8.60 Å². The average Bonchev–Trinajstić information content (AvgIpc) is 2.46. The Labute approximate surface area is 96.3 Å². The molecule has 0 spiro atoms. The minimum atomic E-state index is -1.18. The summed E-state index contributed by atoms with van der Waals surface area (Å²) in [5.74, 6) is 0.784. The van der Waals surface area contributed by atoms with Crippen LogP contribution in [0.1, 0.15) is 27.2 Å². The monoisotopic (exact) mass is 249 g/mol. The van der Waals surface area contributed by atoms with Crippen molar-refractivity contribution in [2.75, 3.05) is 5.75 Å². The van der Waals surface area contributed by atoms with Crippen molar-refractivity contribution in [3.05, 3.63) is 0 Å². The Hall–Kier alpha value is 0.150. The Morgan fingerprint density at radius 1 is 1.47 bits per heavy atom. The molecule has 0 amide bonds. The lowest BCUT2D eigenvalue weighted by Crippen LogP contribution is -2.13. The standard InChI is InChI=1S/C9H16NO3PS/c1-7(4-5-15-6-10)11-14-12-8(2)9(3)13-14/h7-9H,4-5H2,1-3H3. The molecule has 6 heteroatoms. The number of hydrogen-bond donors (Lipinski definition) is 0. The molecule has 3 atom stereocenters. The fourth-order valence-electron chi connectivity index (χ4n) is 0.988. The van der Waals surface area contributed by atoms with Crippen molar-refractivity contribution >= 4 is 20.4 Å². The van der Waals surface area contributed by atoms with Crippen LogP contribution in [0.25, 0.3) is 0 Å². The largest absolute Gasteiger partial charge is 0.333 e. The second kappa shape index (κ2) is 6.67. The van der Waals surface area contributed by atoms with Crippen LogP contribution in [0.5, 0.6) is 0 Å². The Kier molecular flexibility index (Phi) is 5.88.